The van der Waals surface area contributed by atoms with Gasteiger partial charge >= 0.3 is 0 Å². The van der Waals surface area contributed by atoms with Gasteiger partial charge < -0.3 is 10.2 Å². The summed E-state index contributed by atoms with van der Waals surface area (Å²) in [5.74, 6) is 1.17. The van der Waals surface area contributed by atoms with E-state index in [4.69, 9.17) is 5.41 Å². The van der Waals surface area contributed by atoms with Crippen LogP contribution in [0.1, 0.15) is 74.6 Å². The Hall–Kier alpha value is -2.44. The molecule has 2 atom stereocenters. The van der Waals surface area contributed by atoms with Crippen molar-refractivity contribution in [2.45, 2.75) is 69.7 Å². The first-order chi connectivity index (χ1) is 15.0. The molecular formula is C24H35N5O2. The third-order valence-electron chi connectivity index (χ3n) is 7.46. The largest absolute Gasteiger partial charge is 0.342 e. The van der Waals surface area contributed by atoms with E-state index in [1.54, 1.807) is 25.5 Å². The quantitative estimate of drug-likeness (QED) is 0.731. The van der Waals surface area contributed by atoms with E-state index in [1.165, 1.54) is 37.0 Å². The third kappa shape index (κ3) is 4.75. The van der Waals surface area contributed by atoms with Gasteiger partial charge in [-0.15, -0.1) is 0 Å². The van der Waals surface area contributed by atoms with Gasteiger partial charge in [0.05, 0.1) is 5.56 Å². The van der Waals surface area contributed by atoms with E-state index in [-0.39, 0.29) is 23.7 Å². The number of amides is 2. The van der Waals surface area contributed by atoms with Gasteiger partial charge in [-0.05, 0) is 56.1 Å². The van der Waals surface area contributed by atoms with Gasteiger partial charge in [0.25, 0.3) is 11.8 Å². The Labute approximate surface area is 185 Å². The Morgan fingerprint density at radius 3 is 2.68 bits per heavy atom. The van der Waals surface area contributed by atoms with E-state index in [9.17, 15) is 9.59 Å². The number of likely N-dealkylation sites (N-methyl/N-ethyl adjacent to an activating group) is 1. The molecule has 168 valence electrons. The standard InChI is InChI=1S/C24H35N5O2/c1-28-22(31)24(27-23(28)25,12-11-18-7-3-2-4-8-18)15-19-9-6-14-29(17-19)21(30)20-10-5-13-26-16-20/h5,10,13,16,18-19H,2-4,6-9,11-12,14-15,17H2,1H3,(H2,25,27)/t19-,24+/m1/s1. The highest BCUT2D eigenvalue weighted by Crippen LogP contribution is 2.36. The molecule has 2 saturated heterocycles. The summed E-state index contributed by atoms with van der Waals surface area (Å²) < 4.78 is 0. The summed E-state index contributed by atoms with van der Waals surface area (Å²) in [5, 5.41) is 11.5. The molecule has 0 aromatic carbocycles. The molecular weight excluding hydrogens is 390 g/mol. The number of hydrogen-bond acceptors (Lipinski definition) is 4. The lowest BCUT2D eigenvalue weighted by atomic mass is 9.77. The Bertz CT molecular complexity index is 807. The minimum absolute atomic E-state index is 0.0176. The van der Waals surface area contributed by atoms with Crippen LogP contribution >= 0.6 is 0 Å². The lowest BCUT2D eigenvalue weighted by Gasteiger charge is -2.38. The number of nitrogens with zero attached hydrogens (tertiary/aromatic N) is 3. The van der Waals surface area contributed by atoms with E-state index < -0.39 is 5.54 Å². The first kappa shape index (κ1) is 21.8. The molecule has 4 rings (SSSR count). The second-order valence-corrected chi connectivity index (χ2v) is 9.67. The van der Waals surface area contributed by atoms with Crippen LogP contribution in [0, 0.1) is 17.2 Å². The fraction of sp³-hybridized carbons (Fsp3) is 0.667. The highest BCUT2D eigenvalue weighted by atomic mass is 16.2. The number of carbonyl (C=O) groups excluding carboxylic acids is 2. The normalized spacial score (nSPS) is 27.5. The molecule has 1 saturated carbocycles. The van der Waals surface area contributed by atoms with Crippen molar-refractivity contribution in [3.05, 3.63) is 30.1 Å². The zero-order chi connectivity index (χ0) is 21.8. The second kappa shape index (κ2) is 9.37. The number of nitrogens with one attached hydrogen (secondary N) is 2. The molecule has 3 aliphatic rings. The summed E-state index contributed by atoms with van der Waals surface area (Å²) in [7, 11) is 1.69. The predicted octanol–water partition coefficient (Wildman–Crippen LogP) is 3.42. The van der Waals surface area contributed by atoms with Crippen LogP contribution in [0.15, 0.2) is 24.5 Å². The molecule has 2 amide bonds. The van der Waals surface area contributed by atoms with Crippen LogP contribution in [-0.4, -0.2) is 58.2 Å². The molecule has 1 aliphatic carbocycles. The number of likely N-dealkylation sites (tertiary alicyclic amines) is 1. The molecule has 7 nitrogen and oxygen atoms in total. The van der Waals surface area contributed by atoms with Crippen LogP contribution in [0.5, 0.6) is 0 Å². The number of rotatable bonds is 6. The topological polar surface area (TPSA) is 89.4 Å². The minimum atomic E-state index is -0.700. The van der Waals surface area contributed by atoms with Gasteiger partial charge in [0.15, 0.2) is 5.96 Å². The Morgan fingerprint density at radius 1 is 1.23 bits per heavy atom. The zero-order valence-electron chi connectivity index (χ0n) is 18.6. The van der Waals surface area contributed by atoms with Crippen LogP contribution in [-0.2, 0) is 4.79 Å². The zero-order valence-corrected chi connectivity index (χ0v) is 18.6. The van der Waals surface area contributed by atoms with E-state index in [0.29, 0.717) is 24.4 Å². The maximum absolute atomic E-state index is 13.3. The lowest BCUT2D eigenvalue weighted by Crippen LogP contribution is -2.51. The van der Waals surface area contributed by atoms with Crippen molar-refractivity contribution in [3.63, 3.8) is 0 Å². The van der Waals surface area contributed by atoms with Crippen molar-refractivity contribution in [2.75, 3.05) is 20.1 Å². The van der Waals surface area contributed by atoms with Crippen molar-refractivity contribution in [1.82, 2.24) is 20.1 Å². The SMILES string of the molecule is CN1C(=N)N[C@@](CCC2CCCCC2)(C[C@H]2CCCN(C(=O)c3cccnc3)C2)C1=O. The van der Waals surface area contributed by atoms with Gasteiger partial charge in [-0.3, -0.25) is 24.9 Å². The van der Waals surface area contributed by atoms with Gasteiger partial charge in [-0.25, -0.2) is 0 Å². The highest BCUT2D eigenvalue weighted by Gasteiger charge is 2.49. The second-order valence-electron chi connectivity index (χ2n) is 9.67. The van der Waals surface area contributed by atoms with Crippen molar-refractivity contribution in [1.29, 1.82) is 5.41 Å². The summed E-state index contributed by atoms with van der Waals surface area (Å²) in [5.41, 5.74) is -0.0827. The minimum Gasteiger partial charge on any atom is -0.342 e. The average Bonchev–Trinajstić information content (AvgIpc) is 3.02. The fourth-order valence-electron chi connectivity index (χ4n) is 5.70. The molecule has 7 heteroatoms. The fourth-order valence-corrected chi connectivity index (χ4v) is 5.70. The number of pyridine rings is 1. The molecule has 2 aliphatic heterocycles. The Balaban J connectivity index is 1.45. The first-order valence-electron chi connectivity index (χ1n) is 11.8. The molecule has 3 heterocycles. The average molecular weight is 426 g/mol. The maximum Gasteiger partial charge on any atom is 0.255 e. The molecule has 1 aromatic heterocycles. The molecule has 0 radical (unpaired) electrons. The molecule has 1 aromatic rings. The monoisotopic (exact) mass is 425 g/mol. The smallest absolute Gasteiger partial charge is 0.255 e. The van der Waals surface area contributed by atoms with Crippen molar-refractivity contribution in [2.24, 2.45) is 11.8 Å². The van der Waals surface area contributed by atoms with E-state index in [2.05, 4.69) is 10.3 Å². The lowest BCUT2D eigenvalue weighted by molar-refractivity contribution is -0.131. The van der Waals surface area contributed by atoms with Gasteiger partial charge in [0, 0.05) is 32.5 Å². The van der Waals surface area contributed by atoms with Crippen molar-refractivity contribution >= 4 is 17.8 Å². The summed E-state index contributed by atoms with van der Waals surface area (Å²) >= 11 is 0. The molecule has 2 N–H and O–H groups in total. The van der Waals surface area contributed by atoms with Gasteiger partial charge in [-0.1, -0.05) is 32.1 Å². The van der Waals surface area contributed by atoms with E-state index in [1.807, 2.05) is 11.0 Å². The van der Waals surface area contributed by atoms with E-state index in [0.717, 1.165) is 32.2 Å². The molecule has 0 bridgehead atoms. The summed E-state index contributed by atoms with van der Waals surface area (Å²) in [6, 6.07) is 3.60. The maximum atomic E-state index is 13.3. The van der Waals surface area contributed by atoms with E-state index >= 15 is 0 Å². The van der Waals surface area contributed by atoms with Crippen molar-refractivity contribution < 1.29 is 9.59 Å². The Kier molecular flexibility index (Phi) is 6.58. The van der Waals surface area contributed by atoms with Crippen LogP contribution in [0.4, 0.5) is 0 Å². The Morgan fingerprint density at radius 2 is 2.00 bits per heavy atom. The van der Waals surface area contributed by atoms with Gasteiger partial charge in [0.1, 0.15) is 5.54 Å². The van der Waals surface area contributed by atoms with Crippen LogP contribution < -0.4 is 5.32 Å². The number of piperidine rings is 1. The highest BCUT2D eigenvalue weighted by molar-refractivity contribution is 6.07. The predicted molar refractivity (Wildman–Crippen MR) is 120 cm³/mol. The van der Waals surface area contributed by atoms with Gasteiger partial charge in [0.2, 0.25) is 0 Å². The summed E-state index contributed by atoms with van der Waals surface area (Å²) in [6.45, 7) is 1.40. The first-order valence-corrected chi connectivity index (χ1v) is 11.8. The number of aromatic nitrogens is 1. The number of carbonyl (C=O) groups is 2. The van der Waals surface area contributed by atoms with Crippen LogP contribution in [0.25, 0.3) is 0 Å². The van der Waals surface area contributed by atoms with Crippen LogP contribution in [0.2, 0.25) is 0 Å². The molecule has 0 unspecified atom stereocenters. The molecule has 0 spiro atoms. The summed E-state index contributed by atoms with van der Waals surface area (Å²) in [6.07, 6.45) is 14.2. The number of guanidine groups is 1. The van der Waals surface area contributed by atoms with Crippen molar-refractivity contribution in [3.8, 4) is 0 Å². The summed E-state index contributed by atoms with van der Waals surface area (Å²) in [4.78, 5) is 33.6. The molecule has 31 heavy (non-hydrogen) atoms. The van der Waals surface area contributed by atoms with Gasteiger partial charge in [-0.2, -0.15) is 0 Å². The number of hydrogen-bond donors (Lipinski definition) is 2. The van der Waals surface area contributed by atoms with Crippen LogP contribution in [0.3, 0.4) is 0 Å². The molecule has 3 fully saturated rings. The third-order valence-corrected chi connectivity index (χ3v) is 7.46.